The van der Waals surface area contributed by atoms with Crippen LogP contribution in [0.15, 0.2) is 24.3 Å². The van der Waals surface area contributed by atoms with E-state index in [1.807, 2.05) is 24.3 Å². The van der Waals surface area contributed by atoms with Gasteiger partial charge in [-0.05, 0) is 5.56 Å². The van der Waals surface area contributed by atoms with E-state index in [0.717, 1.165) is 10.9 Å². The third-order valence-corrected chi connectivity index (χ3v) is 3.37. The molecule has 0 radical (unpaired) electrons. The van der Waals surface area contributed by atoms with E-state index in [1.165, 1.54) is 0 Å². The molecule has 0 fully saturated rings. The fourth-order valence-corrected chi connectivity index (χ4v) is 2.50. The van der Waals surface area contributed by atoms with E-state index in [4.69, 9.17) is 27.2 Å². The van der Waals surface area contributed by atoms with Gasteiger partial charge in [0.1, 0.15) is 6.63 Å². The summed E-state index contributed by atoms with van der Waals surface area (Å²) in [6.45, 7) is -0.500. The summed E-state index contributed by atoms with van der Waals surface area (Å²) in [4.78, 5) is 0. The van der Waals surface area contributed by atoms with Crippen LogP contribution in [-0.2, 0) is 11.3 Å². The highest BCUT2D eigenvalue weighted by Crippen LogP contribution is 2.46. The maximum atomic E-state index is 5.82. The molecule has 0 heterocycles. The molecule has 0 aliphatic rings. The average molecular weight is 223 g/mol. The molecule has 0 unspecified atom stereocenters. The summed E-state index contributed by atoms with van der Waals surface area (Å²) in [5.74, 6) is 0. The first-order chi connectivity index (χ1) is 5.75. The smallest absolute Gasteiger partial charge is 0.117 e. The Kier molecular flexibility index (Phi) is 4.31. The standard InChI is InChI=1S/C8H9Cl2OP/c1-11-6-7-4-2-3-5-8(7)12(9)10/h2-5H,6H2,1H3. The number of ether oxygens (including phenoxy) is 1. The van der Waals surface area contributed by atoms with Crippen LogP contribution in [0.3, 0.4) is 0 Å². The van der Waals surface area contributed by atoms with Gasteiger partial charge in [0.05, 0.1) is 6.61 Å². The van der Waals surface area contributed by atoms with Crippen LogP contribution in [0.5, 0.6) is 0 Å². The first-order valence-corrected chi connectivity index (χ1v) is 6.59. The minimum absolute atomic E-state index is 0.564. The van der Waals surface area contributed by atoms with Gasteiger partial charge in [-0.3, -0.25) is 0 Å². The maximum Gasteiger partial charge on any atom is 0.117 e. The number of benzene rings is 1. The summed E-state index contributed by atoms with van der Waals surface area (Å²) < 4.78 is 5.01. The molecule has 0 saturated carbocycles. The van der Waals surface area contributed by atoms with Crippen LogP contribution in [0.1, 0.15) is 5.56 Å². The van der Waals surface area contributed by atoms with Gasteiger partial charge in [-0.2, -0.15) is 0 Å². The van der Waals surface area contributed by atoms with Crippen molar-refractivity contribution in [2.75, 3.05) is 7.11 Å². The Bertz CT molecular complexity index is 253. The van der Waals surface area contributed by atoms with E-state index in [9.17, 15) is 0 Å². The summed E-state index contributed by atoms with van der Waals surface area (Å²) in [6, 6.07) is 7.78. The zero-order valence-corrected chi connectivity index (χ0v) is 9.03. The minimum Gasteiger partial charge on any atom is -0.380 e. The fourth-order valence-electron chi connectivity index (χ4n) is 0.953. The van der Waals surface area contributed by atoms with Crippen LogP contribution in [0.2, 0.25) is 0 Å². The third-order valence-electron chi connectivity index (χ3n) is 1.47. The molecule has 0 N–H and O–H groups in total. The zero-order valence-electron chi connectivity index (χ0n) is 6.63. The molecule has 1 rings (SSSR count). The molecule has 4 heteroatoms. The van der Waals surface area contributed by atoms with Gasteiger partial charge in [0.15, 0.2) is 0 Å². The lowest BCUT2D eigenvalue weighted by atomic mass is 10.2. The number of halogens is 2. The van der Waals surface area contributed by atoms with Gasteiger partial charge in [-0.25, -0.2) is 0 Å². The number of hydrogen-bond donors (Lipinski definition) is 0. The Morgan fingerprint density at radius 1 is 1.33 bits per heavy atom. The SMILES string of the molecule is COCc1ccccc1P(Cl)Cl. The molecule has 0 bridgehead atoms. The molecule has 1 nitrogen and oxygen atoms in total. The van der Waals surface area contributed by atoms with Crippen molar-refractivity contribution < 1.29 is 4.74 Å². The Balaban J connectivity index is 2.92. The van der Waals surface area contributed by atoms with Crippen molar-refractivity contribution in [2.24, 2.45) is 0 Å². The van der Waals surface area contributed by atoms with Crippen LogP contribution in [0.25, 0.3) is 0 Å². The molecule has 1 aromatic rings. The lowest BCUT2D eigenvalue weighted by Crippen LogP contribution is -2.04. The Morgan fingerprint density at radius 2 is 2.00 bits per heavy atom. The molecule has 0 aliphatic carbocycles. The van der Waals surface area contributed by atoms with Crippen LogP contribution in [0.4, 0.5) is 0 Å². The molecule has 0 spiro atoms. The summed E-state index contributed by atoms with van der Waals surface area (Å²) in [5, 5.41) is 0.984. The van der Waals surface area contributed by atoms with Crippen molar-refractivity contribution in [2.45, 2.75) is 6.61 Å². The van der Waals surface area contributed by atoms with E-state index in [0.29, 0.717) is 6.61 Å². The first-order valence-electron chi connectivity index (χ1n) is 3.44. The summed E-state index contributed by atoms with van der Waals surface area (Å²) in [7, 11) is 1.65. The molecule has 0 atom stereocenters. The van der Waals surface area contributed by atoms with E-state index < -0.39 is 6.63 Å². The summed E-state index contributed by atoms with van der Waals surface area (Å²) in [5.41, 5.74) is 1.07. The predicted octanol–water partition coefficient (Wildman–Crippen LogP) is 3.25. The van der Waals surface area contributed by atoms with Gasteiger partial charge >= 0.3 is 0 Å². The second-order valence-electron chi connectivity index (χ2n) is 2.29. The molecular formula is C8H9Cl2OP. The quantitative estimate of drug-likeness (QED) is 0.714. The van der Waals surface area contributed by atoms with Gasteiger partial charge in [0.25, 0.3) is 0 Å². The maximum absolute atomic E-state index is 5.82. The van der Waals surface area contributed by atoms with Crippen LogP contribution in [-0.4, -0.2) is 7.11 Å². The van der Waals surface area contributed by atoms with E-state index in [1.54, 1.807) is 7.11 Å². The van der Waals surface area contributed by atoms with Gasteiger partial charge in [-0.1, -0.05) is 46.7 Å². The highest BCUT2D eigenvalue weighted by atomic mass is 35.9. The molecule has 12 heavy (non-hydrogen) atoms. The van der Waals surface area contributed by atoms with Crippen molar-refractivity contribution in [1.29, 1.82) is 0 Å². The molecule has 0 aromatic heterocycles. The van der Waals surface area contributed by atoms with Crippen molar-refractivity contribution in [3.8, 4) is 0 Å². The van der Waals surface area contributed by atoms with Crippen molar-refractivity contribution in [3.05, 3.63) is 29.8 Å². The number of methoxy groups -OCH3 is 1. The largest absolute Gasteiger partial charge is 0.380 e. The second-order valence-corrected chi connectivity index (χ2v) is 5.79. The van der Waals surface area contributed by atoms with E-state index in [2.05, 4.69) is 0 Å². The average Bonchev–Trinajstić information content (AvgIpc) is 2.05. The Morgan fingerprint density at radius 3 is 2.58 bits per heavy atom. The monoisotopic (exact) mass is 222 g/mol. The predicted molar refractivity (Wildman–Crippen MR) is 55.4 cm³/mol. The lowest BCUT2D eigenvalue weighted by Gasteiger charge is -2.07. The second kappa shape index (κ2) is 5.04. The zero-order chi connectivity index (χ0) is 8.97. The van der Waals surface area contributed by atoms with Crippen LogP contribution < -0.4 is 5.30 Å². The highest BCUT2D eigenvalue weighted by molar-refractivity contribution is 8.08. The van der Waals surface area contributed by atoms with Crippen molar-refractivity contribution in [1.82, 2.24) is 0 Å². The number of rotatable bonds is 3. The Labute approximate surface area is 83.0 Å². The summed E-state index contributed by atoms with van der Waals surface area (Å²) >= 11 is 11.6. The van der Waals surface area contributed by atoms with Gasteiger partial charge in [-0.15, -0.1) is 0 Å². The van der Waals surface area contributed by atoms with E-state index in [-0.39, 0.29) is 0 Å². The molecule has 66 valence electrons. The highest BCUT2D eigenvalue weighted by Gasteiger charge is 2.08. The van der Waals surface area contributed by atoms with Gasteiger partial charge < -0.3 is 4.74 Å². The molecule has 1 aromatic carbocycles. The van der Waals surface area contributed by atoms with E-state index >= 15 is 0 Å². The molecule has 0 saturated heterocycles. The number of hydrogen-bond acceptors (Lipinski definition) is 1. The topological polar surface area (TPSA) is 9.23 Å². The molecule has 0 amide bonds. The Hall–Kier alpha value is 0.190. The van der Waals surface area contributed by atoms with Gasteiger partial charge in [0.2, 0.25) is 0 Å². The van der Waals surface area contributed by atoms with Crippen LogP contribution >= 0.6 is 29.1 Å². The third kappa shape index (κ3) is 2.60. The normalized spacial score (nSPS) is 10.7. The lowest BCUT2D eigenvalue weighted by molar-refractivity contribution is 0.185. The molecular weight excluding hydrogens is 214 g/mol. The van der Waals surface area contributed by atoms with Crippen LogP contribution in [0, 0.1) is 0 Å². The van der Waals surface area contributed by atoms with Crippen molar-refractivity contribution >= 4 is 34.4 Å². The molecule has 0 aliphatic heterocycles. The van der Waals surface area contributed by atoms with Crippen molar-refractivity contribution in [3.63, 3.8) is 0 Å². The first kappa shape index (κ1) is 10.3. The fraction of sp³-hybridized carbons (Fsp3) is 0.250. The summed E-state index contributed by atoms with van der Waals surface area (Å²) in [6.07, 6.45) is 0. The van der Waals surface area contributed by atoms with Gasteiger partial charge in [0, 0.05) is 12.4 Å². The minimum atomic E-state index is -1.06.